The van der Waals surface area contributed by atoms with Gasteiger partial charge in [0.25, 0.3) is 5.91 Å². The number of aromatic nitrogens is 1. The van der Waals surface area contributed by atoms with E-state index < -0.39 is 0 Å². The van der Waals surface area contributed by atoms with Gasteiger partial charge in [-0.15, -0.1) is 11.3 Å². The molecule has 5 heteroatoms. The van der Waals surface area contributed by atoms with E-state index >= 15 is 0 Å². The average molecular weight is 420 g/mol. The minimum absolute atomic E-state index is 0.0932. The lowest BCUT2D eigenvalue weighted by molar-refractivity contribution is 0.0628. The molecule has 0 spiro atoms. The Hall–Kier alpha value is -2.50. The SMILES string of the molecule is CC(C)(C)c1csc(CN2CCN(C(=O)c3ccc(-c4ccccc4)cc3)CC2)n1. The maximum Gasteiger partial charge on any atom is 0.253 e. The molecule has 1 amide bonds. The third-order valence-electron chi connectivity index (χ3n) is 5.58. The van der Waals surface area contributed by atoms with Crippen LogP contribution in [0.1, 0.15) is 41.8 Å². The molecule has 0 N–H and O–H groups in total. The summed E-state index contributed by atoms with van der Waals surface area (Å²) in [6.07, 6.45) is 0. The first-order chi connectivity index (χ1) is 14.4. The highest BCUT2D eigenvalue weighted by molar-refractivity contribution is 7.09. The Bertz CT molecular complexity index is 981. The quantitative estimate of drug-likeness (QED) is 0.593. The van der Waals surface area contributed by atoms with Gasteiger partial charge in [-0.1, -0.05) is 63.2 Å². The van der Waals surface area contributed by atoms with Crippen molar-refractivity contribution < 1.29 is 4.79 Å². The molecule has 0 aliphatic carbocycles. The number of piperazine rings is 1. The van der Waals surface area contributed by atoms with Crippen LogP contribution in [0.15, 0.2) is 60.0 Å². The van der Waals surface area contributed by atoms with Crippen LogP contribution in [0.5, 0.6) is 0 Å². The van der Waals surface area contributed by atoms with Crippen LogP contribution in [0.25, 0.3) is 11.1 Å². The van der Waals surface area contributed by atoms with E-state index in [-0.39, 0.29) is 11.3 Å². The minimum Gasteiger partial charge on any atom is -0.336 e. The molecular formula is C25H29N3OS. The zero-order valence-electron chi connectivity index (χ0n) is 18.0. The van der Waals surface area contributed by atoms with Crippen molar-refractivity contribution in [3.63, 3.8) is 0 Å². The lowest BCUT2D eigenvalue weighted by Gasteiger charge is -2.34. The number of amides is 1. The Morgan fingerprint density at radius 3 is 2.17 bits per heavy atom. The van der Waals surface area contributed by atoms with Gasteiger partial charge in [0.05, 0.1) is 12.2 Å². The number of benzene rings is 2. The molecule has 30 heavy (non-hydrogen) atoms. The van der Waals surface area contributed by atoms with Crippen molar-refractivity contribution in [3.8, 4) is 11.1 Å². The molecule has 1 aliphatic heterocycles. The molecule has 4 rings (SSSR count). The number of rotatable bonds is 4. The fourth-order valence-electron chi connectivity index (χ4n) is 3.65. The Morgan fingerprint density at radius 2 is 1.57 bits per heavy atom. The number of hydrogen-bond donors (Lipinski definition) is 0. The van der Waals surface area contributed by atoms with Crippen LogP contribution in [0.4, 0.5) is 0 Å². The van der Waals surface area contributed by atoms with E-state index in [1.165, 1.54) is 5.56 Å². The van der Waals surface area contributed by atoms with Crippen LogP contribution in [0.3, 0.4) is 0 Å². The van der Waals surface area contributed by atoms with Gasteiger partial charge in [-0.05, 0) is 23.3 Å². The second kappa shape index (κ2) is 8.70. The number of carbonyl (C=O) groups excluding carboxylic acids is 1. The Kier molecular flexibility index (Phi) is 6.02. The third kappa shape index (κ3) is 4.79. The van der Waals surface area contributed by atoms with E-state index in [4.69, 9.17) is 4.98 Å². The first kappa shape index (κ1) is 20.8. The second-order valence-corrected chi connectivity index (χ2v) is 9.83. The van der Waals surface area contributed by atoms with Crippen LogP contribution in [0.2, 0.25) is 0 Å². The molecular weight excluding hydrogens is 390 g/mol. The van der Waals surface area contributed by atoms with E-state index in [0.29, 0.717) is 0 Å². The summed E-state index contributed by atoms with van der Waals surface area (Å²) in [6, 6.07) is 18.2. The van der Waals surface area contributed by atoms with Crippen molar-refractivity contribution in [2.75, 3.05) is 26.2 Å². The van der Waals surface area contributed by atoms with Crippen LogP contribution < -0.4 is 0 Å². The first-order valence-corrected chi connectivity index (χ1v) is 11.4. The summed E-state index contributed by atoms with van der Waals surface area (Å²) in [7, 11) is 0. The largest absolute Gasteiger partial charge is 0.336 e. The van der Waals surface area contributed by atoms with E-state index in [1.807, 2.05) is 47.4 Å². The van der Waals surface area contributed by atoms with Gasteiger partial charge in [-0.25, -0.2) is 4.98 Å². The molecule has 1 saturated heterocycles. The van der Waals surface area contributed by atoms with Crippen molar-refractivity contribution >= 4 is 17.2 Å². The fourth-order valence-corrected chi connectivity index (χ4v) is 4.71. The van der Waals surface area contributed by atoms with Crippen LogP contribution >= 0.6 is 11.3 Å². The predicted molar refractivity (Wildman–Crippen MR) is 124 cm³/mol. The van der Waals surface area contributed by atoms with Crippen molar-refractivity contribution in [2.45, 2.75) is 32.7 Å². The predicted octanol–water partition coefficient (Wildman–Crippen LogP) is 5.07. The molecule has 4 nitrogen and oxygen atoms in total. The van der Waals surface area contributed by atoms with E-state index in [0.717, 1.165) is 54.6 Å². The standard InChI is InChI=1S/C25H29N3OS/c1-25(2,3)22-18-30-23(26-22)17-27-13-15-28(16-14-27)24(29)21-11-9-20(10-12-21)19-7-5-4-6-8-19/h4-12,18H,13-17H2,1-3H3. The molecule has 0 unspecified atom stereocenters. The molecule has 3 aromatic rings. The second-order valence-electron chi connectivity index (χ2n) is 8.89. The summed E-state index contributed by atoms with van der Waals surface area (Å²) in [6.45, 7) is 10.8. The highest BCUT2D eigenvalue weighted by atomic mass is 32.1. The average Bonchev–Trinajstić information content (AvgIpc) is 3.24. The van der Waals surface area contributed by atoms with E-state index in [1.54, 1.807) is 11.3 Å². The number of thiazole rings is 1. The van der Waals surface area contributed by atoms with Gasteiger partial charge in [0, 0.05) is 42.5 Å². The van der Waals surface area contributed by atoms with Crippen LogP contribution in [0, 0.1) is 0 Å². The van der Waals surface area contributed by atoms with Gasteiger partial charge < -0.3 is 4.90 Å². The number of nitrogens with zero attached hydrogens (tertiary/aromatic N) is 3. The zero-order valence-corrected chi connectivity index (χ0v) is 18.8. The Balaban J connectivity index is 1.32. The number of hydrogen-bond acceptors (Lipinski definition) is 4. The van der Waals surface area contributed by atoms with E-state index in [2.05, 4.69) is 43.2 Å². The molecule has 1 aromatic heterocycles. The van der Waals surface area contributed by atoms with Gasteiger partial charge in [0.1, 0.15) is 5.01 Å². The Labute approximate surface area is 183 Å². The molecule has 0 bridgehead atoms. The monoisotopic (exact) mass is 419 g/mol. The molecule has 2 aromatic carbocycles. The van der Waals surface area contributed by atoms with Crippen LogP contribution in [-0.4, -0.2) is 46.9 Å². The van der Waals surface area contributed by atoms with Gasteiger partial charge in [0.15, 0.2) is 0 Å². The highest BCUT2D eigenvalue weighted by Crippen LogP contribution is 2.25. The summed E-state index contributed by atoms with van der Waals surface area (Å²) in [5.74, 6) is 0.124. The molecule has 0 radical (unpaired) electrons. The fraction of sp³-hybridized carbons (Fsp3) is 0.360. The normalized spacial score (nSPS) is 15.4. The summed E-state index contributed by atoms with van der Waals surface area (Å²) < 4.78 is 0. The van der Waals surface area contributed by atoms with Crippen molar-refractivity contribution in [2.24, 2.45) is 0 Å². The van der Waals surface area contributed by atoms with Crippen molar-refractivity contribution in [1.82, 2.24) is 14.8 Å². The zero-order chi connectivity index (χ0) is 21.1. The summed E-state index contributed by atoms with van der Waals surface area (Å²) in [4.78, 5) is 22.1. The Morgan fingerprint density at radius 1 is 0.933 bits per heavy atom. The third-order valence-corrected chi connectivity index (χ3v) is 6.41. The smallest absolute Gasteiger partial charge is 0.253 e. The minimum atomic E-state index is 0.0932. The summed E-state index contributed by atoms with van der Waals surface area (Å²) in [5, 5.41) is 3.34. The topological polar surface area (TPSA) is 36.4 Å². The van der Waals surface area contributed by atoms with Gasteiger partial charge in [-0.3, -0.25) is 9.69 Å². The lowest BCUT2D eigenvalue weighted by atomic mass is 9.93. The van der Waals surface area contributed by atoms with E-state index in [9.17, 15) is 4.79 Å². The van der Waals surface area contributed by atoms with Gasteiger partial charge >= 0.3 is 0 Å². The van der Waals surface area contributed by atoms with Crippen molar-refractivity contribution in [3.05, 3.63) is 76.2 Å². The molecule has 0 atom stereocenters. The molecule has 156 valence electrons. The molecule has 2 heterocycles. The number of carbonyl (C=O) groups is 1. The highest BCUT2D eigenvalue weighted by Gasteiger charge is 2.24. The summed E-state index contributed by atoms with van der Waals surface area (Å²) in [5.41, 5.74) is 4.32. The van der Waals surface area contributed by atoms with Crippen molar-refractivity contribution in [1.29, 1.82) is 0 Å². The van der Waals surface area contributed by atoms with Crippen LogP contribution in [-0.2, 0) is 12.0 Å². The molecule has 0 saturated carbocycles. The lowest BCUT2D eigenvalue weighted by Crippen LogP contribution is -2.48. The molecule has 1 aliphatic rings. The summed E-state index contributed by atoms with van der Waals surface area (Å²) >= 11 is 1.74. The first-order valence-electron chi connectivity index (χ1n) is 10.5. The van der Waals surface area contributed by atoms with Gasteiger partial charge in [-0.2, -0.15) is 0 Å². The maximum absolute atomic E-state index is 12.9. The van der Waals surface area contributed by atoms with Gasteiger partial charge in [0.2, 0.25) is 0 Å². The molecule has 1 fully saturated rings. The maximum atomic E-state index is 12.9.